The van der Waals surface area contributed by atoms with Gasteiger partial charge < -0.3 is 0 Å². The van der Waals surface area contributed by atoms with Crippen LogP contribution in [0.2, 0.25) is 19.6 Å². The van der Waals surface area contributed by atoms with Crippen LogP contribution in [-0.4, -0.2) is 8.07 Å². The fraction of sp³-hybridized carbons (Fsp3) is 0.273. The average Bonchev–Trinajstić information content (AvgIpc) is 2.47. The molecule has 0 aliphatic rings. The molecule has 0 unspecified atom stereocenters. The summed E-state index contributed by atoms with van der Waals surface area (Å²) in [7, 11) is -1.12. The van der Waals surface area contributed by atoms with Crippen LogP contribution in [0.3, 0.4) is 0 Å². The van der Waals surface area contributed by atoms with Crippen LogP contribution in [-0.2, 0) is 0 Å². The van der Waals surface area contributed by atoms with E-state index in [0.29, 0.717) is 0 Å². The Labute approximate surface area is 84.2 Å². The van der Waals surface area contributed by atoms with Crippen LogP contribution in [0.4, 0.5) is 0 Å². The second-order valence-corrected chi connectivity index (χ2v) is 10.4. The van der Waals surface area contributed by atoms with Crippen LogP contribution in [0.5, 0.6) is 0 Å². The number of rotatable bonds is 1. The lowest BCUT2D eigenvalue weighted by Gasteiger charge is -2.16. The summed E-state index contributed by atoms with van der Waals surface area (Å²) in [6.45, 7) is 7.17. The SMILES string of the molecule is C[Si](C)(C)c1ccc2ccsc2c1. The maximum absolute atomic E-state index is 2.39. The number of hydrogen-bond donors (Lipinski definition) is 0. The van der Waals surface area contributed by atoms with Crippen LogP contribution in [0.25, 0.3) is 10.1 Å². The zero-order valence-electron chi connectivity index (χ0n) is 8.29. The van der Waals surface area contributed by atoms with Crippen molar-refractivity contribution in [3.8, 4) is 0 Å². The van der Waals surface area contributed by atoms with E-state index in [1.807, 2.05) is 11.3 Å². The van der Waals surface area contributed by atoms with E-state index in [2.05, 4.69) is 49.3 Å². The van der Waals surface area contributed by atoms with Crippen LogP contribution in [0.1, 0.15) is 0 Å². The van der Waals surface area contributed by atoms with E-state index >= 15 is 0 Å². The first-order chi connectivity index (χ1) is 6.07. The molecule has 13 heavy (non-hydrogen) atoms. The molecule has 0 saturated carbocycles. The molecule has 0 radical (unpaired) electrons. The van der Waals surface area contributed by atoms with E-state index in [1.165, 1.54) is 10.1 Å². The Morgan fingerprint density at radius 2 is 1.85 bits per heavy atom. The topological polar surface area (TPSA) is 0 Å². The predicted octanol–water partition coefficient (Wildman–Crippen LogP) is 3.45. The lowest BCUT2D eigenvalue weighted by atomic mass is 10.3. The van der Waals surface area contributed by atoms with Gasteiger partial charge in [0, 0.05) is 4.70 Å². The molecule has 1 aromatic carbocycles. The van der Waals surface area contributed by atoms with Gasteiger partial charge in [-0.2, -0.15) is 0 Å². The molecule has 0 aliphatic heterocycles. The highest BCUT2D eigenvalue weighted by atomic mass is 32.1. The van der Waals surface area contributed by atoms with Crippen LogP contribution in [0, 0.1) is 0 Å². The Balaban J connectivity index is 2.61. The van der Waals surface area contributed by atoms with Crippen molar-refractivity contribution in [2.45, 2.75) is 19.6 Å². The summed E-state index contributed by atoms with van der Waals surface area (Å²) in [6, 6.07) is 9.10. The van der Waals surface area contributed by atoms with E-state index in [4.69, 9.17) is 0 Å². The number of benzene rings is 1. The van der Waals surface area contributed by atoms with E-state index in [0.717, 1.165) is 0 Å². The van der Waals surface area contributed by atoms with Crippen LogP contribution < -0.4 is 5.19 Å². The quantitative estimate of drug-likeness (QED) is 0.627. The molecule has 0 spiro atoms. The third-order valence-corrected chi connectivity index (χ3v) is 5.24. The van der Waals surface area contributed by atoms with E-state index < -0.39 is 8.07 Å². The first kappa shape index (κ1) is 8.97. The van der Waals surface area contributed by atoms with Gasteiger partial charge in [-0.25, -0.2) is 0 Å². The maximum Gasteiger partial charge on any atom is 0.0776 e. The minimum Gasteiger partial charge on any atom is -0.144 e. The van der Waals surface area contributed by atoms with Gasteiger partial charge in [-0.3, -0.25) is 0 Å². The summed E-state index contributed by atoms with van der Waals surface area (Å²) >= 11 is 1.84. The second-order valence-electron chi connectivity index (χ2n) is 4.42. The van der Waals surface area contributed by atoms with E-state index in [9.17, 15) is 0 Å². The number of thiophene rings is 1. The van der Waals surface area contributed by atoms with Gasteiger partial charge in [0.05, 0.1) is 8.07 Å². The first-order valence-electron chi connectivity index (χ1n) is 4.55. The van der Waals surface area contributed by atoms with Crippen molar-refractivity contribution in [1.82, 2.24) is 0 Å². The van der Waals surface area contributed by atoms with Crippen molar-refractivity contribution in [1.29, 1.82) is 0 Å². The van der Waals surface area contributed by atoms with Gasteiger partial charge in [0.15, 0.2) is 0 Å². The molecule has 0 nitrogen and oxygen atoms in total. The molecule has 0 atom stereocenters. The molecule has 2 rings (SSSR count). The van der Waals surface area contributed by atoms with Crippen LogP contribution in [0.15, 0.2) is 29.6 Å². The molecule has 68 valence electrons. The first-order valence-corrected chi connectivity index (χ1v) is 8.93. The third-order valence-electron chi connectivity index (χ3n) is 2.32. The minimum atomic E-state index is -1.12. The van der Waals surface area contributed by atoms with Gasteiger partial charge in [-0.1, -0.05) is 37.0 Å². The Kier molecular flexibility index (Phi) is 2.04. The summed E-state index contributed by atoms with van der Waals surface area (Å²) < 4.78 is 1.43. The van der Waals surface area contributed by atoms with Crippen molar-refractivity contribution in [3.05, 3.63) is 29.6 Å². The molecule has 0 fully saturated rings. The fourth-order valence-corrected chi connectivity index (χ4v) is 3.51. The van der Waals surface area contributed by atoms with Crippen molar-refractivity contribution < 1.29 is 0 Å². The Morgan fingerprint density at radius 1 is 1.08 bits per heavy atom. The molecular formula is C11H14SSi. The highest BCUT2D eigenvalue weighted by Crippen LogP contribution is 2.20. The van der Waals surface area contributed by atoms with Crippen molar-refractivity contribution >= 4 is 34.7 Å². The third kappa shape index (κ3) is 1.69. The van der Waals surface area contributed by atoms with Crippen LogP contribution >= 0.6 is 11.3 Å². The number of hydrogen-bond acceptors (Lipinski definition) is 1. The molecular weight excluding hydrogens is 192 g/mol. The zero-order chi connectivity index (χ0) is 9.47. The summed E-state index contributed by atoms with van der Waals surface area (Å²) in [6.07, 6.45) is 0. The lowest BCUT2D eigenvalue weighted by Crippen LogP contribution is -2.37. The van der Waals surface area contributed by atoms with Gasteiger partial charge in [0.2, 0.25) is 0 Å². The normalized spacial score (nSPS) is 12.2. The molecule has 0 saturated heterocycles. The number of fused-ring (bicyclic) bond motifs is 1. The molecule has 0 aliphatic carbocycles. The average molecular weight is 206 g/mol. The summed E-state index contributed by atoms with van der Waals surface area (Å²) in [5.74, 6) is 0. The van der Waals surface area contributed by atoms with E-state index in [1.54, 1.807) is 5.19 Å². The smallest absolute Gasteiger partial charge is 0.0776 e. The van der Waals surface area contributed by atoms with Gasteiger partial charge in [0.25, 0.3) is 0 Å². The monoisotopic (exact) mass is 206 g/mol. The molecule has 0 N–H and O–H groups in total. The standard InChI is InChI=1S/C11H14SSi/c1-13(2,3)10-5-4-9-6-7-12-11(9)8-10/h4-8H,1-3H3. The van der Waals surface area contributed by atoms with Gasteiger partial charge >= 0.3 is 0 Å². The highest BCUT2D eigenvalue weighted by molar-refractivity contribution is 7.17. The fourth-order valence-electron chi connectivity index (χ4n) is 1.42. The van der Waals surface area contributed by atoms with E-state index in [-0.39, 0.29) is 0 Å². The molecule has 0 bridgehead atoms. The lowest BCUT2D eigenvalue weighted by molar-refractivity contribution is 1.73. The van der Waals surface area contributed by atoms with Crippen molar-refractivity contribution in [3.63, 3.8) is 0 Å². The van der Waals surface area contributed by atoms with Crippen molar-refractivity contribution in [2.24, 2.45) is 0 Å². The summed E-state index contributed by atoms with van der Waals surface area (Å²) in [4.78, 5) is 0. The largest absolute Gasteiger partial charge is 0.144 e. The maximum atomic E-state index is 2.39. The molecule has 2 aromatic rings. The van der Waals surface area contributed by atoms with Gasteiger partial charge in [0.1, 0.15) is 0 Å². The molecule has 1 aromatic heterocycles. The zero-order valence-corrected chi connectivity index (χ0v) is 10.1. The van der Waals surface area contributed by atoms with Gasteiger partial charge in [-0.05, 0) is 22.9 Å². The highest BCUT2D eigenvalue weighted by Gasteiger charge is 2.16. The summed E-state index contributed by atoms with van der Waals surface area (Å²) in [5.41, 5.74) is 0. The second kappa shape index (κ2) is 2.96. The minimum absolute atomic E-state index is 1.12. The Hall–Kier alpha value is -0.603. The summed E-state index contributed by atoms with van der Waals surface area (Å²) in [5, 5.41) is 5.10. The van der Waals surface area contributed by atoms with Gasteiger partial charge in [-0.15, -0.1) is 11.3 Å². The van der Waals surface area contributed by atoms with Crippen molar-refractivity contribution in [2.75, 3.05) is 0 Å². The Bertz CT molecular complexity index is 423. The molecule has 0 amide bonds. The molecule has 2 heteroatoms. The molecule has 1 heterocycles. The Morgan fingerprint density at radius 3 is 2.54 bits per heavy atom. The predicted molar refractivity (Wildman–Crippen MR) is 64.8 cm³/mol.